The zero-order valence-electron chi connectivity index (χ0n) is 15.9. The molecular formula is C19H28N4O3. The molecule has 2 aliphatic heterocycles. The number of pyridine rings is 1. The number of hydrogen-bond donors (Lipinski definition) is 1. The summed E-state index contributed by atoms with van der Waals surface area (Å²) in [7, 11) is 3.64. The van der Waals surface area contributed by atoms with Gasteiger partial charge in [0.1, 0.15) is 0 Å². The fourth-order valence-electron chi connectivity index (χ4n) is 3.74. The van der Waals surface area contributed by atoms with Crippen LogP contribution in [0.15, 0.2) is 6.07 Å². The molecule has 2 aliphatic rings. The first-order valence-electron chi connectivity index (χ1n) is 9.36. The molecular weight excluding hydrogens is 332 g/mol. The summed E-state index contributed by atoms with van der Waals surface area (Å²) in [6.07, 6.45) is 3.95. The van der Waals surface area contributed by atoms with E-state index in [1.54, 1.807) is 12.0 Å². The molecule has 0 saturated carbocycles. The highest BCUT2D eigenvalue weighted by atomic mass is 16.5. The summed E-state index contributed by atoms with van der Waals surface area (Å²) in [5.74, 6) is 0.492. The highest BCUT2D eigenvalue weighted by Gasteiger charge is 2.29. The number of nitrogens with one attached hydrogen (secondary N) is 1. The van der Waals surface area contributed by atoms with Crippen molar-refractivity contribution in [2.45, 2.75) is 51.7 Å². The molecule has 0 bridgehead atoms. The van der Waals surface area contributed by atoms with Crippen LogP contribution in [0.4, 0.5) is 0 Å². The van der Waals surface area contributed by atoms with E-state index < -0.39 is 0 Å². The Morgan fingerprint density at radius 2 is 2.23 bits per heavy atom. The predicted octanol–water partition coefficient (Wildman–Crippen LogP) is 1.56. The van der Waals surface area contributed by atoms with Gasteiger partial charge in [-0.1, -0.05) is 6.42 Å². The minimum Gasteiger partial charge on any atom is -0.481 e. The number of fused-ring (bicyclic) bond motifs is 1. The lowest BCUT2D eigenvalue weighted by molar-refractivity contribution is -0.122. The molecule has 7 heteroatoms. The number of methoxy groups -OCH3 is 1. The highest BCUT2D eigenvalue weighted by Crippen LogP contribution is 2.27. The summed E-state index contributed by atoms with van der Waals surface area (Å²) >= 11 is 0. The number of likely N-dealkylation sites (tertiary alicyclic amines) is 1. The Kier molecular flexibility index (Phi) is 5.76. The Labute approximate surface area is 154 Å². The minimum absolute atomic E-state index is 0.00550. The van der Waals surface area contributed by atoms with Crippen LogP contribution in [0.25, 0.3) is 0 Å². The molecule has 7 nitrogen and oxygen atoms in total. The first-order valence-corrected chi connectivity index (χ1v) is 9.36. The van der Waals surface area contributed by atoms with Crippen molar-refractivity contribution in [3.8, 4) is 5.88 Å². The van der Waals surface area contributed by atoms with E-state index in [1.165, 1.54) is 12.8 Å². The number of nitrogens with zero attached hydrogens (tertiary/aromatic N) is 3. The Balaban J connectivity index is 1.65. The zero-order chi connectivity index (χ0) is 18.7. The van der Waals surface area contributed by atoms with Gasteiger partial charge in [-0.15, -0.1) is 0 Å². The maximum absolute atomic E-state index is 12.4. The van der Waals surface area contributed by atoms with Gasteiger partial charge in [-0.25, -0.2) is 4.98 Å². The smallest absolute Gasteiger partial charge is 0.256 e. The van der Waals surface area contributed by atoms with Crippen LogP contribution in [0, 0.1) is 0 Å². The summed E-state index contributed by atoms with van der Waals surface area (Å²) in [5, 5.41) is 2.96. The van der Waals surface area contributed by atoms with Crippen LogP contribution in [-0.2, 0) is 17.9 Å². The molecule has 1 fully saturated rings. The number of amides is 2. The van der Waals surface area contributed by atoms with E-state index in [-0.39, 0.29) is 11.8 Å². The van der Waals surface area contributed by atoms with E-state index in [9.17, 15) is 9.59 Å². The van der Waals surface area contributed by atoms with Crippen LogP contribution in [0.1, 0.15) is 54.2 Å². The van der Waals surface area contributed by atoms with Crippen LogP contribution in [0.5, 0.6) is 5.88 Å². The normalized spacial score (nSPS) is 20.2. The van der Waals surface area contributed by atoms with Crippen molar-refractivity contribution in [3.05, 3.63) is 22.9 Å². The van der Waals surface area contributed by atoms with Crippen LogP contribution in [0.3, 0.4) is 0 Å². The number of rotatable bonds is 6. The largest absolute Gasteiger partial charge is 0.481 e. The number of ether oxygens (including phenoxy) is 1. The van der Waals surface area contributed by atoms with Crippen molar-refractivity contribution in [1.82, 2.24) is 20.1 Å². The molecule has 1 N–H and O–H groups in total. The Morgan fingerprint density at radius 1 is 1.42 bits per heavy atom. The predicted molar refractivity (Wildman–Crippen MR) is 97.9 cm³/mol. The number of aromatic nitrogens is 1. The van der Waals surface area contributed by atoms with Crippen LogP contribution < -0.4 is 10.1 Å². The molecule has 3 rings (SSSR count). The molecule has 1 saturated heterocycles. The van der Waals surface area contributed by atoms with Gasteiger partial charge >= 0.3 is 0 Å². The van der Waals surface area contributed by atoms with E-state index in [2.05, 4.69) is 22.2 Å². The Morgan fingerprint density at radius 3 is 2.92 bits per heavy atom. The van der Waals surface area contributed by atoms with Gasteiger partial charge < -0.3 is 19.9 Å². The average Bonchev–Trinajstić information content (AvgIpc) is 2.96. The quantitative estimate of drug-likeness (QED) is 0.833. The third kappa shape index (κ3) is 3.82. The molecule has 142 valence electrons. The van der Waals surface area contributed by atoms with E-state index in [0.29, 0.717) is 43.5 Å². The van der Waals surface area contributed by atoms with Crippen molar-refractivity contribution >= 4 is 11.8 Å². The third-order valence-electron chi connectivity index (χ3n) is 5.39. The maximum atomic E-state index is 12.4. The van der Waals surface area contributed by atoms with Crippen LogP contribution in [-0.4, -0.2) is 59.9 Å². The van der Waals surface area contributed by atoms with Gasteiger partial charge in [-0.3, -0.25) is 9.59 Å². The summed E-state index contributed by atoms with van der Waals surface area (Å²) in [5.41, 5.74) is 2.10. The van der Waals surface area contributed by atoms with Gasteiger partial charge in [0.2, 0.25) is 11.8 Å². The number of piperidine rings is 1. The highest BCUT2D eigenvalue weighted by molar-refractivity contribution is 5.98. The van der Waals surface area contributed by atoms with Crippen molar-refractivity contribution in [1.29, 1.82) is 0 Å². The molecule has 1 atom stereocenters. The Bertz CT molecular complexity index is 692. The summed E-state index contributed by atoms with van der Waals surface area (Å²) in [4.78, 5) is 33.2. The van der Waals surface area contributed by atoms with Gasteiger partial charge in [-0.05, 0) is 39.4 Å². The first kappa shape index (κ1) is 18.6. The third-order valence-corrected chi connectivity index (χ3v) is 5.39. The molecule has 3 heterocycles. The molecule has 0 aromatic carbocycles. The Hall–Kier alpha value is -2.15. The summed E-state index contributed by atoms with van der Waals surface area (Å²) < 4.78 is 5.37. The summed E-state index contributed by atoms with van der Waals surface area (Å²) in [6, 6.07) is 2.12. The number of carbonyl (C=O) groups excluding carboxylic acids is 2. The van der Waals surface area contributed by atoms with Crippen molar-refractivity contribution in [2.75, 3.05) is 27.2 Å². The first-order chi connectivity index (χ1) is 12.5. The van der Waals surface area contributed by atoms with Gasteiger partial charge in [-0.2, -0.15) is 0 Å². The topological polar surface area (TPSA) is 74.8 Å². The minimum atomic E-state index is -0.00550. The molecule has 2 amide bonds. The number of hydrogen-bond acceptors (Lipinski definition) is 5. The molecule has 1 aromatic heterocycles. The van der Waals surface area contributed by atoms with Crippen molar-refractivity contribution in [3.63, 3.8) is 0 Å². The fourth-order valence-corrected chi connectivity index (χ4v) is 3.74. The van der Waals surface area contributed by atoms with Crippen LogP contribution >= 0.6 is 0 Å². The monoisotopic (exact) mass is 360 g/mol. The van der Waals surface area contributed by atoms with Crippen molar-refractivity contribution < 1.29 is 14.3 Å². The lowest BCUT2D eigenvalue weighted by atomic mass is 10.00. The molecule has 26 heavy (non-hydrogen) atoms. The zero-order valence-corrected chi connectivity index (χ0v) is 15.9. The van der Waals surface area contributed by atoms with Crippen LogP contribution in [0.2, 0.25) is 0 Å². The van der Waals surface area contributed by atoms with E-state index >= 15 is 0 Å². The fraction of sp³-hybridized carbons (Fsp3) is 0.632. The number of carbonyl (C=O) groups is 2. The van der Waals surface area contributed by atoms with Gasteiger partial charge in [0.15, 0.2) is 0 Å². The SMILES string of the molecule is CCN1Cc2nc(OC)c(CNC(=O)C[C@@H]3CCCCN3C)cc2C1=O. The second-order valence-electron chi connectivity index (χ2n) is 7.08. The van der Waals surface area contributed by atoms with Crippen molar-refractivity contribution in [2.24, 2.45) is 0 Å². The van der Waals surface area contributed by atoms with E-state index in [4.69, 9.17) is 4.74 Å². The molecule has 1 aromatic rings. The summed E-state index contributed by atoms with van der Waals surface area (Å²) in [6.45, 7) is 4.49. The van der Waals surface area contributed by atoms with E-state index in [0.717, 1.165) is 24.2 Å². The molecule has 0 unspecified atom stereocenters. The standard InChI is InChI=1S/C19H28N4O3/c1-4-23-12-16-15(19(23)25)9-13(18(21-16)26-3)11-20-17(24)10-14-7-5-6-8-22(14)2/h9,14H,4-8,10-12H2,1-3H3,(H,20,24)/t14-/m0/s1. The lowest BCUT2D eigenvalue weighted by Gasteiger charge is -2.31. The van der Waals surface area contributed by atoms with Gasteiger partial charge in [0, 0.05) is 31.1 Å². The van der Waals surface area contributed by atoms with E-state index in [1.807, 2.05) is 13.0 Å². The van der Waals surface area contributed by atoms with Gasteiger partial charge in [0.05, 0.1) is 24.9 Å². The molecule has 0 radical (unpaired) electrons. The second-order valence-corrected chi connectivity index (χ2v) is 7.08. The van der Waals surface area contributed by atoms with Gasteiger partial charge in [0.25, 0.3) is 5.91 Å². The second kappa shape index (κ2) is 8.03. The maximum Gasteiger partial charge on any atom is 0.256 e. The molecule has 0 aliphatic carbocycles. The molecule has 0 spiro atoms. The average molecular weight is 360 g/mol. The lowest BCUT2D eigenvalue weighted by Crippen LogP contribution is -2.40.